The number of amides is 1. The van der Waals surface area contributed by atoms with E-state index in [0.29, 0.717) is 12.0 Å². The average molecular weight is 537 g/mol. The summed E-state index contributed by atoms with van der Waals surface area (Å²) < 4.78 is 2.16. The molecule has 4 aromatic rings. The minimum Gasteiger partial charge on any atom is -0.341 e. The zero-order chi connectivity index (χ0) is 24.0. The summed E-state index contributed by atoms with van der Waals surface area (Å²) in [5, 5.41) is 11.3. The van der Waals surface area contributed by atoms with Gasteiger partial charge in [0.15, 0.2) is 0 Å². The maximum Gasteiger partial charge on any atom is 0.227 e. The van der Waals surface area contributed by atoms with Crippen LogP contribution in [0.25, 0.3) is 10.8 Å². The zero-order valence-corrected chi connectivity index (χ0v) is 22.3. The van der Waals surface area contributed by atoms with Crippen molar-refractivity contribution < 1.29 is 4.79 Å². The van der Waals surface area contributed by atoms with Gasteiger partial charge in [0.05, 0.1) is 30.1 Å². The molecule has 192 valence electrons. The normalized spacial score (nSPS) is 13.8. The van der Waals surface area contributed by atoms with Crippen LogP contribution in [0.4, 0.5) is 0 Å². The predicted molar refractivity (Wildman–Crippen MR) is 151 cm³/mol. The molecule has 0 bridgehead atoms. The zero-order valence-electron chi connectivity index (χ0n) is 20.6. The second kappa shape index (κ2) is 13.3. The van der Waals surface area contributed by atoms with Crippen LogP contribution in [0, 0.1) is 11.3 Å². The largest absolute Gasteiger partial charge is 0.341 e. The monoisotopic (exact) mass is 535 g/mol. The van der Waals surface area contributed by atoms with Crippen LogP contribution in [0.5, 0.6) is 0 Å². The summed E-state index contributed by atoms with van der Waals surface area (Å²) in [6, 6.07) is 24.3. The molecule has 1 aliphatic rings. The molecule has 8 heteroatoms. The molecule has 0 saturated carbocycles. The van der Waals surface area contributed by atoms with Crippen molar-refractivity contribution in [3.63, 3.8) is 0 Å². The van der Waals surface area contributed by atoms with E-state index in [2.05, 4.69) is 44.8 Å². The Hall–Kier alpha value is -3.37. The lowest BCUT2D eigenvalue weighted by Crippen LogP contribution is -2.36. The summed E-state index contributed by atoms with van der Waals surface area (Å²) in [6.45, 7) is 4.88. The molecule has 0 atom stereocenters. The van der Waals surface area contributed by atoms with Gasteiger partial charge in [0.1, 0.15) is 0 Å². The molecular weight excluding hydrogens is 505 g/mol. The van der Waals surface area contributed by atoms with Crippen molar-refractivity contribution in [2.75, 3.05) is 26.2 Å². The lowest BCUT2D eigenvalue weighted by Gasteiger charge is -2.22. The third-order valence-corrected chi connectivity index (χ3v) is 6.78. The molecule has 5 rings (SSSR count). The van der Waals surface area contributed by atoms with Crippen LogP contribution in [-0.4, -0.2) is 51.4 Å². The molecule has 3 aromatic carbocycles. The first-order valence-electron chi connectivity index (χ1n) is 12.1. The van der Waals surface area contributed by atoms with Gasteiger partial charge in [-0.2, -0.15) is 5.26 Å². The van der Waals surface area contributed by atoms with E-state index in [-0.39, 0.29) is 30.7 Å². The molecule has 1 aromatic heterocycles. The van der Waals surface area contributed by atoms with Crippen LogP contribution in [0.15, 0.2) is 79.3 Å². The second-order valence-corrected chi connectivity index (χ2v) is 9.15. The maximum atomic E-state index is 13.2. The van der Waals surface area contributed by atoms with Crippen molar-refractivity contribution >= 4 is 41.5 Å². The van der Waals surface area contributed by atoms with E-state index in [1.807, 2.05) is 59.9 Å². The summed E-state index contributed by atoms with van der Waals surface area (Å²) in [5.74, 6) is 0.203. The number of hydrogen-bond donors (Lipinski definition) is 0. The van der Waals surface area contributed by atoms with E-state index >= 15 is 0 Å². The number of hydrogen-bond acceptors (Lipinski definition) is 4. The predicted octanol–water partition coefficient (Wildman–Crippen LogP) is 5.08. The molecule has 37 heavy (non-hydrogen) atoms. The molecule has 0 N–H and O–H groups in total. The number of halogens is 2. The molecule has 1 fully saturated rings. The van der Waals surface area contributed by atoms with Gasteiger partial charge in [-0.25, -0.2) is 4.98 Å². The quantitative estimate of drug-likeness (QED) is 0.345. The lowest BCUT2D eigenvalue weighted by molar-refractivity contribution is -0.130. The van der Waals surface area contributed by atoms with Gasteiger partial charge < -0.3 is 9.47 Å². The highest BCUT2D eigenvalue weighted by Crippen LogP contribution is 2.20. The highest BCUT2D eigenvalue weighted by molar-refractivity contribution is 5.90. The number of nitriles is 1. The first kappa shape index (κ1) is 28.2. The van der Waals surface area contributed by atoms with Gasteiger partial charge in [-0.3, -0.25) is 9.69 Å². The van der Waals surface area contributed by atoms with E-state index in [9.17, 15) is 4.79 Å². The topological polar surface area (TPSA) is 65.2 Å². The summed E-state index contributed by atoms with van der Waals surface area (Å²) in [7, 11) is 0. The maximum absolute atomic E-state index is 13.2. The summed E-state index contributed by atoms with van der Waals surface area (Å²) >= 11 is 0. The highest BCUT2D eigenvalue weighted by atomic mass is 35.5. The Balaban J connectivity index is 0.00000190. The molecule has 0 aliphatic carbocycles. The van der Waals surface area contributed by atoms with E-state index in [1.54, 1.807) is 0 Å². The standard InChI is InChI=1S/C29H29N5O.2ClH/c30-18-23-9-11-24(12-10-23)20-34-22-31-19-27(34)21-32-13-4-14-33(16-15-32)29(35)17-26-7-3-6-25-5-1-2-8-28(25)26;;/h1-3,5-12,19,22H,4,13-17,20-21H2;2*1H. The van der Waals surface area contributed by atoms with Crippen LogP contribution < -0.4 is 0 Å². The number of fused-ring (bicyclic) bond motifs is 1. The fourth-order valence-corrected chi connectivity index (χ4v) is 4.83. The van der Waals surface area contributed by atoms with Crippen molar-refractivity contribution in [2.45, 2.75) is 25.9 Å². The van der Waals surface area contributed by atoms with E-state index in [1.165, 1.54) is 5.39 Å². The Morgan fingerprint density at radius 1 is 0.892 bits per heavy atom. The van der Waals surface area contributed by atoms with E-state index < -0.39 is 0 Å². The number of nitrogens with zero attached hydrogens (tertiary/aromatic N) is 5. The minimum absolute atomic E-state index is 0. The van der Waals surface area contributed by atoms with Gasteiger partial charge in [-0.15, -0.1) is 24.8 Å². The molecule has 6 nitrogen and oxygen atoms in total. The van der Waals surface area contributed by atoms with Gasteiger partial charge in [0.25, 0.3) is 0 Å². The van der Waals surface area contributed by atoms with Crippen molar-refractivity contribution in [3.05, 3.63) is 102 Å². The molecule has 2 heterocycles. The van der Waals surface area contributed by atoms with Gasteiger partial charge >= 0.3 is 0 Å². The number of aromatic nitrogens is 2. The minimum atomic E-state index is 0. The Labute approximate surface area is 230 Å². The number of carbonyl (C=O) groups is 1. The Bertz CT molecular complexity index is 1360. The van der Waals surface area contributed by atoms with Crippen molar-refractivity contribution in [1.29, 1.82) is 5.26 Å². The SMILES string of the molecule is Cl.Cl.N#Cc1ccc(Cn2cncc2CN2CCCN(C(=O)Cc3cccc4ccccc34)CC2)cc1. The van der Waals surface area contributed by atoms with Crippen molar-refractivity contribution in [1.82, 2.24) is 19.4 Å². The van der Waals surface area contributed by atoms with Crippen LogP contribution in [0.2, 0.25) is 0 Å². The molecule has 1 amide bonds. The van der Waals surface area contributed by atoms with E-state index in [4.69, 9.17) is 5.26 Å². The Morgan fingerprint density at radius 2 is 1.68 bits per heavy atom. The van der Waals surface area contributed by atoms with Crippen LogP contribution in [0.1, 0.15) is 28.8 Å². The summed E-state index contributed by atoms with van der Waals surface area (Å²) in [4.78, 5) is 22.0. The van der Waals surface area contributed by atoms with Gasteiger partial charge in [0, 0.05) is 45.5 Å². The Kier molecular flexibility index (Phi) is 10.1. The van der Waals surface area contributed by atoms with Gasteiger partial charge in [0.2, 0.25) is 5.91 Å². The number of rotatable bonds is 6. The first-order chi connectivity index (χ1) is 17.2. The van der Waals surface area contributed by atoms with Crippen molar-refractivity contribution in [3.8, 4) is 6.07 Å². The molecule has 0 unspecified atom stereocenters. The summed E-state index contributed by atoms with van der Waals surface area (Å²) in [6.07, 6.45) is 5.20. The highest BCUT2D eigenvalue weighted by Gasteiger charge is 2.20. The third-order valence-electron chi connectivity index (χ3n) is 6.78. The number of carbonyl (C=O) groups excluding carboxylic acids is 1. The molecule has 1 aliphatic heterocycles. The molecule has 1 saturated heterocycles. The molecule has 0 radical (unpaired) electrons. The van der Waals surface area contributed by atoms with Crippen LogP contribution >= 0.6 is 24.8 Å². The fourth-order valence-electron chi connectivity index (χ4n) is 4.83. The first-order valence-corrected chi connectivity index (χ1v) is 12.1. The lowest BCUT2D eigenvalue weighted by atomic mass is 10.0. The molecular formula is C29H31Cl2N5O. The fraction of sp³-hybridized carbons (Fsp3) is 0.276. The third kappa shape index (κ3) is 6.90. The summed E-state index contributed by atoms with van der Waals surface area (Å²) in [5.41, 5.74) is 4.07. The Morgan fingerprint density at radius 3 is 2.49 bits per heavy atom. The second-order valence-electron chi connectivity index (χ2n) is 9.15. The smallest absolute Gasteiger partial charge is 0.227 e. The average Bonchev–Trinajstić information content (AvgIpc) is 3.18. The van der Waals surface area contributed by atoms with Gasteiger partial charge in [-0.05, 0) is 40.5 Å². The number of benzene rings is 3. The van der Waals surface area contributed by atoms with Crippen LogP contribution in [0.3, 0.4) is 0 Å². The molecule has 0 spiro atoms. The van der Waals surface area contributed by atoms with Crippen molar-refractivity contribution in [2.24, 2.45) is 0 Å². The van der Waals surface area contributed by atoms with Gasteiger partial charge in [-0.1, -0.05) is 54.6 Å². The number of imidazole rings is 1. The van der Waals surface area contributed by atoms with E-state index in [0.717, 1.165) is 67.9 Å². The van der Waals surface area contributed by atoms with Crippen LogP contribution in [-0.2, 0) is 24.3 Å².